The van der Waals surface area contributed by atoms with Gasteiger partial charge in [-0.05, 0) is 61.7 Å². The Morgan fingerprint density at radius 1 is 1.00 bits per heavy atom. The van der Waals surface area contributed by atoms with Crippen molar-refractivity contribution in [2.75, 3.05) is 31.8 Å². The van der Waals surface area contributed by atoms with E-state index in [1.54, 1.807) is 49.4 Å². The van der Waals surface area contributed by atoms with E-state index in [9.17, 15) is 19.5 Å². The number of Topliss-reactive ketones (excluding diaryl/α,β-unsaturated/α-hetero) is 1. The predicted molar refractivity (Wildman–Crippen MR) is 182 cm³/mol. The fraction of sp³-hybridized carbons (Fsp3) is 0.389. The minimum Gasteiger partial charge on any atom is -0.507 e. The third-order valence-electron chi connectivity index (χ3n) is 7.61. The third kappa shape index (κ3) is 8.21. The van der Waals surface area contributed by atoms with Crippen LogP contribution in [0.3, 0.4) is 0 Å². The fourth-order valence-corrected chi connectivity index (χ4v) is 6.09. The molecule has 1 fully saturated rings. The molecule has 1 amide bonds. The minimum atomic E-state index is -1.09. The summed E-state index contributed by atoms with van der Waals surface area (Å²) in [6.45, 7) is 10.5. The highest BCUT2D eigenvalue weighted by atomic mass is 32.1. The van der Waals surface area contributed by atoms with Crippen molar-refractivity contribution in [3.8, 4) is 17.2 Å². The molecule has 3 aromatic rings. The van der Waals surface area contributed by atoms with Crippen molar-refractivity contribution in [3.63, 3.8) is 0 Å². The van der Waals surface area contributed by atoms with E-state index in [0.717, 1.165) is 49.9 Å². The van der Waals surface area contributed by atoms with Crippen molar-refractivity contribution in [1.82, 2.24) is 4.98 Å². The predicted octanol–water partition coefficient (Wildman–Crippen LogP) is 7.57. The monoisotopic (exact) mass is 662 g/mol. The van der Waals surface area contributed by atoms with Crippen molar-refractivity contribution in [1.29, 1.82) is 0 Å². The number of thiazole rings is 1. The largest absolute Gasteiger partial charge is 0.507 e. The molecule has 0 saturated carbocycles. The van der Waals surface area contributed by atoms with Gasteiger partial charge in [0.25, 0.3) is 5.78 Å². The number of rotatable bonds is 17. The van der Waals surface area contributed by atoms with Gasteiger partial charge in [0.2, 0.25) is 0 Å². The number of ether oxygens (including phenoxy) is 4. The van der Waals surface area contributed by atoms with Crippen molar-refractivity contribution >= 4 is 39.9 Å². The van der Waals surface area contributed by atoms with Crippen LogP contribution < -0.4 is 19.1 Å². The van der Waals surface area contributed by atoms with E-state index in [1.807, 2.05) is 0 Å². The Bertz CT molecular complexity index is 1610. The van der Waals surface area contributed by atoms with Crippen LogP contribution >= 0.6 is 11.3 Å². The molecule has 4 rings (SSSR count). The maximum Gasteiger partial charge on any atom is 0.350 e. The van der Waals surface area contributed by atoms with Crippen LogP contribution in [-0.4, -0.2) is 54.7 Å². The first-order chi connectivity index (χ1) is 22.7. The van der Waals surface area contributed by atoms with Gasteiger partial charge in [0.15, 0.2) is 16.6 Å². The first kappa shape index (κ1) is 35.2. The zero-order valence-corrected chi connectivity index (χ0v) is 28.2. The van der Waals surface area contributed by atoms with Crippen LogP contribution in [0.4, 0.5) is 5.13 Å². The van der Waals surface area contributed by atoms with E-state index >= 15 is 0 Å². The number of carbonyl (C=O) groups is 3. The van der Waals surface area contributed by atoms with Crippen LogP contribution in [0.5, 0.6) is 17.2 Å². The Balaban J connectivity index is 1.79. The molecule has 10 nitrogen and oxygen atoms in total. The maximum absolute atomic E-state index is 13.7. The molecule has 1 aromatic heterocycles. The number of anilines is 1. The molecule has 1 aliphatic rings. The molecule has 0 radical (unpaired) electrons. The number of aliphatic hydroxyl groups is 1. The fourth-order valence-electron chi connectivity index (χ4n) is 5.10. The van der Waals surface area contributed by atoms with Gasteiger partial charge in [0, 0.05) is 5.56 Å². The Kier molecular flexibility index (Phi) is 12.6. The van der Waals surface area contributed by atoms with Crippen LogP contribution in [0.25, 0.3) is 5.76 Å². The topological polar surface area (TPSA) is 124 Å². The standard InChI is InChI=1S/C36H42N2O8S/c1-6-9-11-12-21-45-27-18-15-25(22-28(27)43-5)30-29(31(39)24-13-16-26(17-14-24)44-20-10-7-2)32(40)34(41)38(30)36-37-23(4)33(47-36)35(42)46-19-8-3/h8,13-18,22,30,39H,3,6-7,9-12,19-21H2,1-2,4-5H3/b31-29+. The number of amides is 1. The van der Waals surface area contributed by atoms with Gasteiger partial charge in [0.1, 0.15) is 23.0 Å². The van der Waals surface area contributed by atoms with Gasteiger partial charge in [0.05, 0.1) is 37.6 Å². The first-order valence-electron chi connectivity index (χ1n) is 15.9. The summed E-state index contributed by atoms with van der Waals surface area (Å²) >= 11 is 0.927. The average Bonchev–Trinajstić information content (AvgIpc) is 3.59. The molecule has 0 aliphatic carbocycles. The molecule has 1 saturated heterocycles. The summed E-state index contributed by atoms with van der Waals surface area (Å²) in [5, 5.41) is 11.7. The number of carbonyl (C=O) groups excluding carboxylic acids is 3. The van der Waals surface area contributed by atoms with E-state index in [1.165, 1.54) is 18.1 Å². The van der Waals surface area contributed by atoms with Crippen LogP contribution in [-0.2, 0) is 14.3 Å². The van der Waals surface area contributed by atoms with Gasteiger partial charge in [-0.1, -0.05) is 69.6 Å². The molecule has 0 bridgehead atoms. The van der Waals surface area contributed by atoms with Crippen LogP contribution in [0, 0.1) is 6.92 Å². The normalized spacial score (nSPS) is 15.5. The molecule has 1 atom stereocenters. The summed E-state index contributed by atoms with van der Waals surface area (Å²) in [5.74, 6) is -1.23. The van der Waals surface area contributed by atoms with Crippen molar-refractivity contribution in [2.24, 2.45) is 0 Å². The van der Waals surface area contributed by atoms with Gasteiger partial charge in [-0.25, -0.2) is 9.78 Å². The molecule has 1 unspecified atom stereocenters. The van der Waals surface area contributed by atoms with Gasteiger partial charge in [-0.2, -0.15) is 0 Å². The van der Waals surface area contributed by atoms with E-state index < -0.39 is 23.7 Å². The Morgan fingerprint density at radius 2 is 1.72 bits per heavy atom. The number of hydrogen-bond donors (Lipinski definition) is 1. The highest BCUT2D eigenvalue weighted by Gasteiger charge is 2.48. The molecule has 0 spiro atoms. The molecule has 1 aliphatic heterocycles. The number of methoxy groups -OCH3 is 1. The molecule has 1 N–H and O–H groups in total. The second kappa shape index (κ2) is 16.8. The molecule has 250 valence electrons. The first-order valence-corrected chi connectivity index (χ1v) is 16.7. The van der Waals surface area contributed by atoms with Crippen molar-refractivity contribution in [2.45, 2.75) is 65.3 Å². The second-order valence-corrected chi connectivity index (χ2v) is 12.0. The van der Waals surface area contributed by atoms with Crippen LogP contribution in [0.15, 0.2) is 60.7 Å². The number of aromatic nitrogens is 1. The third-order valence-corrected chi connectivity index (χ3v) is 8.74. The van der Waals surface area contributed by atoms with Crippen LogP contribution in [0.1, 0.15) is 84.9 Å². The highest BCUT2D eigenvalue weighted by molar-refractivity contribution is 7.17. The molecule has 11 heteroatoms. The highest BCUT2D eigenvalue weighted by Crippen LogP contribution is 2.45. The lowest BCUT2D eigenvalue weighted by Crippen LogP contribution is -2.29. The summed E-state index contributed by atoms with van der Waals surface area (Å²) in [6.07, 6.45) is 7.52. The summed E-state index contributed by atoms with van der Waals surface area (Å²) in [7, 11) is 1.51. The van der Waals surface area contributed by atoms with E-state index in [0.29, 0.717) is 47.3 Å². The Morgan fingerprint density at radius 3 is 2.40 bits per heavy atom. The van der Waals surface area contributed by atoms with Gasteiger partial charge >= 0.3 is 11.9 Å². The van der Waals surface area contributed by atoms with Gasteiger partial charge < -0.3 is 24.1 Å². The van der Waals surface area contributed by atoms with E-state index in [-0.39, 0.29) is 27.9 Å². The summed E-state index contributed by atoms with van der Waals surface area (Å²) in [5.41, 5.74) is 1.01. The Labute approximate surface area is 279 Å². The zero-order chi connectivity index (χ0) is 33.9. The van der Waals surface area contributed by atoms with E-state index in [4.69, 9.17) is 18.9 Å². The smallest absolute Gasteiger partial charge is 0.350 e. The number of unbranched alkanes of at least 4 members (excludes halogenated alkanes) is 4. The van der Waals surface area contributed by atoms with Crippen LogP contribution in [0.2, 0.25) is 0 Å². The number of aliphatic hydroxyl groups excluding tert-OH is 1. The zero-order valence-electron chi connectivity index (χ0n) is 27.4. The lowest BCUT2D eigenvalue weighted by molar-refractivity contribution is -0.132. The molecule has 2 aromatic carbocycles. The molecule has 2 heterocycles. The van der Waals surface area contributed by atoms with Gasteiger partial charge in [-0.3, -0.25) is 14.5 Å². The SMILES string of the molecule is C=CCOC(=O)c1sc(N2C(=O)C(=O)/C(=C(/O)c3ccc(OCCCC)cc3)C2c2ccc(OCCCCCC)c(OC)c2)nc1C. The number of benzene rings is 2. The molecule has 47 heavy (non-hydrogen) atoms. The summed E-state index contributed by atoms with van der Waals surface area (Å²) in [4.78, 5) is 46.1. The van der Waals surface area contributed by atoms with Crippen molar-refractivity contribution < 1.29 is 38.4 Å². The second-order valence-electron chi connectivity index (χ2n) is 11.0. The summed E-state index contributed by atoms with van der Waals surface area (Å²) in [6, 6.07) is 10.7. The Hall–Kier alpha value is -4.64. The minimum absolute atomic E-state index is 0.00523. The van der Waals surface area contributed by atoms with E-state index in [2.05, 4.69) is 25.4 Å². The lowest BCUT2D eigenvalue weighted by atomic mass is 9.95. The van der Waals surface area contributed by atoms with Crippen molar-refractivity contribution in [3.05, 3.63) is 82.4 Å². The number of hydrogen-bond acceptors (Lipinski definition) is 10. The number of nitrogens with zero attached hydrogens (tertiary/aromatic N) is 2. The summed E-state index contributed by atoms with van der Waals surface area (Å²) < 4.78 is 22.6. The number of aryl methyl sites for hydroxylation is 1. The van der Waals surface area contributed by atoms with Gasteiger partial charge in [-0.15, -0.1) is 0 Å². The maximum atomic E-state index is 13.7. The molecular formula is C36H42N2O8S. The average molecular weight is 663 g/mol. The lowest BCUT2D eigenvalue weighted by Gasteiger charge is -2.24. The molecular weight excluding hydrogens is 620 g/mol. The number of ketones is 1. The quantitative estimate of drug-likeness (QED) is 0.0389. The number of esters is 1.